The Labute approximate surface area is 167 Å². The van der Waals surface area contributed by atoms with Gasteiger partial charge in [-0.3, -0.25) is 4.79 Å². The second kappa shape index (κ2) is 8.15. The van der Waals surface area contributed by atoms with Crippen LogP contribution in [0.1, 0.15) is 15.9 Å². The number of nitrogens with two attached hydrogens (primary N) is 1. The maximum Gasteiger partial charge on any atom is 0.255 e. The third-order valence-corrected chi connectivity index (χ3v) is 5.39. The first kappa shape index (κ1) is 18.1. The molecule has 3 aromatic carbocycles. The highest BCUT2D eigenvalue weighted by Crippen LogP contribution is 2.24. The summed E-state index contributed by atoms with van der Waals surface area (Å²) in [5, 5.41) is 4.97. The van der Waals surface area contributed by atoms with E-state index in [1.807, 2.05) is 60.7 Å². The molecule has 4 nitrogen and oxygen atoms in total. The van der Waals surface area contributed by atoms with E-state index in [4.69, 9.17) is 5.73 Å². The van der Waals surface area contributed by atoms with Crippen LogP contribution in [0.5, 0.6) is 0 Å². The number of nitrogens with one attached hydrogen (secondary N) is 1. The summed E-state index contributed by atoms with van der Waals surface area (Å²) in [5.74, 6) is 0.618. The molecule has 0 aliphatic rings. The molecule has 0 spiro atoms. The van der Waals surface area contributed by atoms with Crippen molar-refractivity contribution in [3.8, 4) is 0 Å². The lowest BCUT2D eigenvalue weighted by Gasteiger charge is -2.08. The Morgan fingerprint density at radius 2 is 1.64 bits per heavy atom. The number of aromatic nitrogens is 1. The van der Waals surface area contributed by atoms with Crippen LogP contribution in [0.15, 0.2) is 90.0 Å². The van der Waals surface area contributed by atoms with Gasteiger partial charge in [0.05, 0.1) is 21.9 Å². The molecule has 4 rings (SSSR count). The normalized spacial score (nSPS) is 10.7. The minimum Gasteiger partial charge on any atom is -0.397 e. The van der Waals surface area contributed by atoms with Crippen molar-refractivity contribution in [3.05, 3.63) is 96.1 Å². The zero-order valence-corrected chi connectivity index (χ0v) is 15.9. The largest absolute Gasteiger partial charge is 0.397 e. The number of hydrogen-bond donors (Lipinski definition) is 2. The van der Waals surface area contributed by atoms with Crippen molar-refractivity contribution in [3.63, 3.8) is 0 Å². The zero-order chi connectivity index (χ0) is 19.3. The van der Waals surface area contributed by atoms with E-state index in [1.54, 1.807) is 23.9 Å². The van der Waals surface area contributed by atoms with Gasteiger partial charge in [-0.15, -0.1) is 11.8 Å². The number of thioether (sulfide) groups is 1. The highest BCUT2D eigenvalue weighted by atomic mass is 32.2. The number of pyridine rings is 1. The summed E-state index contributed by atoms with van der Waals surface area (Å²) >= 11 is 1.68. The molecular weight excluding hydrogens is 366 g/mol. The van der Waals surface area contributed by atoms with Crippen molar-refractivity contribution in [2.45, 2.75) is 10.8 Å². The van der Waals surface area contributed by atoms with Crippen LogP contribution in [0.25, 0.3) is 10.9 Å². The molecule has 28 heavy (non-hydrogen) atoms. The van der Waals surface area contributed by atoms with Gasteiger partial charge in [0, 0.05) is 16.7 Å². The minimum absolute atomic E-state index is 0.173. The van der Waals surface area contributed by atoms with E-state index in [9.17, 15) is 4.79 Å². The maximum absolute atomic E-state index is 12.4. The molecule has 5 heteroatoms. The quantitative estimate of drug-likeness (QED) is 0.358. The number of anilines is 2. The van der Waals surface area contributed by atoms with Crippen LogP contribution < -0.4 is 11.1 Å². The highest BCUT2D eigenvalue weighted by Gasteiger charge is 2.08. The van der Waals surface area contributed by atoms with Gasteiger partial charge in [0.25, 0.3) is 5.91 Å². The van der Waals surface area contributed by atoms with Crippen molar-refractivity contribution in [1.82, 2.24) is 4.98 Å². The molecule has 1 amide bonds. The average Bonchev–Trinajstić information content (AvgIpc) is 2.74. The molecule has 3 N–H and O–H groups in total. The minimum atomic E-state index is -0.173. The molecule has 0 radical (unpaired) electrons. The summed E-state index contributed by atoms with van der Waals surface area (Å²) in [7, 11) is 0. The number of rotatable bonds is 5. The summed E-state index contributed by atoms with van der Waals surface area (Å²) in [4.78, 5) is 17.1. The topological polar surface area (TPSA) is 68.0 Å². The van der Waals surface area contributed by atoms with Gasteiger partial charge in [0.2, 0.25) is 0 Å². The van der Waals surface area contributed by atoms with E-state index in [2.05, 4.69) is 22.4 Å². The van der Waals surface area contributed by atoms with Gasteiger partial charge in [-0.2, -0.15) is 0 Å². The SMILES string of the molecule is Nc1ccccc1NC(=O)c1ccc(CSc2ccc3ccccc3n2)cc1. The van der Waals surface area contributed by atoms with E-state index in [1.165, 1.54) is 0 Å². The van der Waals surface area contributed by atoms with Gasteiger partial charge >= 0.3 is 0 Å². The Bertz CT molecular complexity index is 1130. The van der Waals surface area contributed by atoms with Crippen molar-refractivity contribution in [2.24, 2.45) is 0 Å². The number of amides is 1. The number of benzene rings is 3. The van der Waals surface area contributed by atoms with Crippen molar-refractivity contribution < 1.29 is 4.79 Å². The van der Waals surface area contributed by atoms with Gasteiger partial charge < -0.3 is 11.1 Å². The molecule has 1 aromatic heterocycles. The Kier molecular flexibility index (Phi) is 5.26. The van der Waals surface area contributed by atoms with Gasteiger partial charge in [-0.05, 0) is 42.0 Å². The summed E-state index contributed by atoms with van der Waals surface area (Å²) in [6.07, 6.45) is 0. The lowest BCUT2D eigenvalue weighted by atomic mass is 10.1. The molecule has 138 valence electrons. The van der Waals surface area contributed by atoms with E-state index >= 15 is 0 Å². The number of carbonyl (C=O) groups is 1. The summed E-state index contributed by atoms with van der Waals surface area (Å²) in [5.41, 5.74) is 9.78. The smallest absolute Gasteiger partial charge is 0.255 e. The molecule has 0 saturated carbocycles. The van der Waals surface area contributed by atoms with Crippen LogP contribution in [0.3, 0.4) is 0 Å². The van der Waals surface area contributed by atoms with Crippen molar-refractivity contribution >= 4 is 39.9 Å². The molecule has 1 heterocycles. The number of fused-ring (bicyclic) bond motifs is 1. The van der Waals surface area contributed by atoms with Crippen molar-refractivity contribution in [2.75, 3.05) is 11.1 Å². The van der Waals surface area contributed by atoms with Crippen LogP contribution in [-0.2, 0) is 5.75 Å². The van der Waals surface area contributed by atoms with Gasteiger partial charge in [0.15, 0.2) is 0 Å². The van der Waals surface area contributed by atoms with E-state index < -0.39 is 0 Å². The number of carbonyl (C=O) groups excluding carboxylic acids is 1. The third kappa shape index (κ3) is 4.15. The molecule has 0 aliphatic carbocycles. The molecular formula is C23H19N3OS. The monoisotopic (exact) mass is 385 g/mol. The second-order valence-corrected chi connectivity index (χ2v) is 7.36. The van der Waals surface area contributed by atoms with Crippen LogP contribution in [-0.4, -0.2) is 10.9 Å². The van der Waals surface area contributed by atoms with Crippen molar-refractivity contribution in [1.29, 1.82) is 0 Å². The lowest BCUT2D eigenvalue weighted by Crippen LogP contribution is -2.13. The third-order valence-electron chi connectivity index (χ3n) is 4.38. The predicted molar refractivity (Wildman–Crippen MR) is 117 cm³/mol. The van der Waals surface area contributed by atoms with Gasteiger partial charge in [-0.1, -0.05) is 48.5 Å². The first-order valence-corrected chi connectivity index (χ1v) is 9.91. The number of nitrogen functional groups attached to an aromatic ring is 1. The van der Waals surface area contributed by atoms with Gasteiger partial charge in [0.1, 0.15) is 0 Å². The molecule has 0 bridgehead atoms. The summed E-state index contributed by atoms with van der Waals surface area (Å²) in [6, 6.07) is 27.0. The maximum atomic E-state index is 12.4. The van der Waals surface area contributed by atoms with E-state index in [0.29, 0.717) is 16.9 Å². The molecule has 0 aliphatic heterocycles. The van der Waals surface area contributed by atoms with E-state index in [-0.39, 0.29) is 5.91 Å². The molecule has 0 atom stereocenters. The predicted octanol–water partition coefficient (Wildman–Crippen LogP) is 5.36. The zero-order valence-electron chi connectivity index (χ0n) is 15.1. The van der Waals surface area contributed by atoms with Crippen LogP contribution in [0.4, 0.5) is 11.4 Å². The lowest BCUT2D eigenvalue weighted by molar-refractivity contribution is 0.102. The Hall–Kier alpha value is -3.31. The first-order valence-electron chi connectivity index (χ1n) is 8.92. The second-order valence-electron chi connectivity index (χ2n) is 6.37. The molecule has 0 unspecified atom stereocenters. The van der Waals surface area contributed by atoms with Gasteiger partial charge in [-0.25, -0.2) is 4.98 Å². The fourth-order valence-electron chi connectivity index (χ4n) is 2.84. The van der Waals surface area contributed by atoms with E-state index in [0.717, 1.165) is 27.2 Å². The number of hydrogen-bond acceptors (Lipinski definition) is 4. The first-order chi connectivity index (χ1) is 13.7. The summed E-state index contributed by atoms with van der Waals surface area (Å²) < 4.78 is 0. The highest BCUT2D eigenvalue weighted by molar-refractivity contribution is 7.98. The fourth-order valence-corrected chi connectivity index (χ4v) is 3.68. The fraction of sp³-hybridized carbons (Fsp3) is 0.0435. The Morgan fingerprint density at radius 3 is 2.46 bits per heavy atom. The van der Waals surface area contributed by atoms with Crippen LogP contribution >= 0.6 is 11.8 Å². The number of para-hydroxylation sites is 3. The Morgan fingerprint density at radius 1 is 0.893 bits per heavy atom. The van der Waals surface area contributed by atoms with Crippen LogP contribution in [0.2, 0.25) is 0 Å². The standard InChI is InChI=1S/C23H19N3OS/c24-19-6-2-4-8-21(19)26-23(27)18-11-9-16(10-12-18)15-28-22-14-13-17-5-1-3-7-20(17)25-22/h1-14H,15,24H2,(H,26,27). The average molecular weight is 385 g/mol. The van der Waals surface area contributed by atoms with Crippen LogP contribution in [0, 0.1) is 0 Å². The molecule has 4 aromatic rings. The number of nitrogens with zero attached hydrogens (tertiary/aromatic N) is 1. The molecule has 0 fully saturated rings. The Balaban J connectivity index is 1.40. The molecule has 0 saturated heterocycles. The summed E-state index contributed by atoms with van der Waals surface area (Å²) in [6.45, 7) is 0.